The Hall–Kier alpha value is -1.96. The van der Waals surface area contributed by atoms with Gasteiger partial charge in [-0.05, 0) is 25.8 Å². The second-order valence-electron chi connectivity index (χ2n) is 6.18. The van der Waals surface area contributed by atoms with Gasteiger partial charge in [-0.1, -0.05) is 0 Å². The molecule has 3 fully saturated rings. The van der Waals surface area contributed by atoms with Gasteiger partial charge in [0, 0.05) is 13.1 Å². The molecule has 3 heterocycles. The van der Waals surface area contributed by atoms with Crippen molar-refractivity contribution in [3.05, 3.63) is 0 Å². The van der Waals surface area contributed by atoms with Crippen molar-refractivity contribution < 1.29 is 31.6 Å². The molecule has 0 aromatic rings. The van der Waals surface area contributed by atoms with Crippen LogP contribution < -0.4 is 16.2 Å². The number of rotatable bonds is 4. The minimum Gasteiger partial charge on any atom is -0.316 e. The molecule has 3 aliphatic heterocycles. The van der Waals surface area contributed by atoms with E-state index in [-0.39, 0.29) is 24.8 Å². The zero-order chi connectivity index (χ0) is 18.2. The Labute approximate surface area is 143 Å². The van der Waals surface area contributed by atoms with E-state index in [9.17, 15) is 22.8 Å². The van der Waals surface area contributed by atoms with Gasteiger partial charge < -0.3 is 10.2 Å². The smallest absolute Gasteiger partial charge is 0.316 e. The van der Waals surface area contributed by atoms with Crippen molar-refractivity contribution in [1.82, 2.24) is 26.1 Å². The molecule has 0 aromatic carbocycles. The molecule has 0 spiro atoms. The molecular weight excluding hydrogens is 358 g/mol. The highest BCUT2D eigenvalue weighted by molar-refractivity contribution is 7.80. The Morgan fingerprint density at radius 2 is 1.92 bits per heavy atom. The Morgan fingerprint density at radius 3 is 2.56 bits per heavy atom. The van der Waals surface area contributed by atoms with Crippen molar-refractivity contribution in [3.8, 4) is 0 Å². The summed E-state index contributed by atoms with van der Waals surface area (Å²) in [5.74, 6) is -1.10. The first-order valence-corrected chi connectivity index (χ1v) is 9.20. The minimum absolute atomic E-state index is 0.0902. The zero-order valence-electron chi connectivity index (χ0n) is 13.2. The molecule has 3 aliphatic rings. The standard InChI is InChI=1S/C12H19N5O7S/c18-10(7-3-4-13-5-7)14-15-11(19)9-2-1-8-6-16(9)12(20)17(8)24-25(21,22)23/h7-9,13H,1-6H2,(H,14,18)(H,15,19)(H,21,22,23)/t7-,8-,9-/m0/s1. The topological polar surface area (TPSA) is 157 Å². The highest BCUT2D eigenvalue weighted by Crippen LogP contribution is 2.30. The predicted octanol–water partition coefficient (Wildman–Crippen LogP) is -2.25. The summed E-state index contributed by atoms with van der Waals surface area (Å²) >= 11 is 0. The van der Waals surface area contributed by atoms with E-state index < -0.39 is 34.4 Å². The number of hydrazine groups is 1. The van der Waals surface area contributed by atoms with Crippen molar-refractivity contribution in [3.63, 3.8) is 0 Å². The molecule has 140 valence electrons. The zero-order valence-corrected chi connectivity index (χ0v) is 14.0. The summed E-state index contributed by atoms with van der Waals surface area (Å²) in [6.45, 7) is 1.37. The number of fused-ring (bicyclic) bond motifs is 2. The van der Waals surface area contributed by atoms with E-state index in [1.807, 2.05) is 0 Å². The van der Waals surface area contributed by atoms with Crippen LogP contribution in [0.25, 0.3) is 0 Å². The van der Waals surface area contributed by atoms with Crippen molar-refractivity contribution in [2.45, 2.75) is 31.3 Å². The molecule has 0 unspecified atom stereocenters. The van der Waals surface area contributed by atoms with Gasteiger partial charge in [0.1, 0.15) is 6.04 Å². The molecule has 4 amide bonds. The van der Waals surface area contributed by atoms with Crippen LogP contribution in [-0.4, -0.2) is 72.5 Å². The summed E-state index contributed by atoms with van der Waals surface area (Å²) in [5, 5.41) is 3.60. The summed E-state index contributed by atoms with van der Waals surface area (Å²) in [4.78, 5) is 37.5. The van der Waals surface area contributed by atoms with E-state index in [1.54, 1.807) is 0 Å². The van der Waals surface area contributed by atoms with Crippen LogP contribution in [0, 0.1) is 5.92 Å². The van der Waals surface area contributed by atoms with Crippen LogP contribution in [0.4, 0.5) is 4.79 Å². The van der Waals surface area contributed by atoms with Crippen LogP contribution in [0.15, 0.2) is 0 Å². The summed E-state index contributed by atoms with van der Waals surface area (Å²) in [5.41, 5.74) is 4.66. The molecule has 12 nitrogen and oxygen atoms in total. The molecule has 4 N–H and O–H groups in total. The van der Waals surface area contributed by atoms with E-state index in [0.717, 1.165) is 11.4 Å². The number of carbonyl (C=O) groups is 3. The molecule has 0 aliphatic carbocycles. The SMILES string of the molecule is O=C(NNC(=O)[C@@H]1CC[C@H]2CN1C(=O)N2OS(=O)(=O)O)[C@H]1CCNC1. The highest BCUT2D eigenvalue weighted by atomic mass is 32.3. The van der Waals surface area contributed by atoms with Gasteiger partial charge in [0.25, 0.3) is 5.91 Å². The van der Waals surface area contributed by atoms with Gasteiger partial charge in [-0.15, -0.1) is 4.28 Å². The molecule has 13 heteroatoms. The maximum atomic E-state index is 12.3. The Kier molecular flexibility index (Phi) is 4.81. The number of piperidine rings is 1. The van der Waals surface area contributed by atoms with Gasteiger partial charge in [-0.2, -0.15) is 13.5 Å². The molecule has 25 heavy (non-hydrogen) atoms. The largest absolute Gasteiger partial charge is 0.418 e. The minimum atomic E-state index is -4.83. The highest BCUT2D eigenvalue weighted by Gasteiger charge is 2.49. The molecule has 2 bridgehead atoms. The van der Waals surface area contributed by atoms with Crippen LogP contribution in [0.2, 0.25) is 0 Å². The predicted molar refractivity (Wildman–Crippen MR) is 80.6 cm³/mol. The second-order valence-corrected chi connectivity index (χ2v) is 7.18. The fourth-order valence-electron chi connectivity index (χ4n) is 3.29. The summed E-state index contributed by atoms with van der Waals surface area (Å²) in [6.07, 6.45) is 1.27. The van der Waals surface area contributed by atoms with Crippen molar-refractivity contribution in [1.29, 1.82) is 0 Å². The number of nitrogens with one attached hydrogen (secondary N) is 3. The van der Waals surface area contributed by atoms with E-state index in [2.05, 4.69) is 20.5 Å². The maximum Gasteiger partial charge on any atom is 0.418 e. The third-order valence-corrected chi connectivity index (χ3v) is 4.89. The van der Waals surface area contributed by atoms with Gasteiger partial charge in [-0.25, -0.2) is 4.79 Å². The lowest BCUT2D eigenvalue weighted by molar-refractivity contribution is -0.133. The van der Waals surface area contributed by atoms with Gasteiger partial charge in [0.15, 0.2) is 0 Å². The first-order valence-electron chi connectivity index (χ1n) is 7.83. The number of hydrogen-bond donors (Lipinski definition) is 4. The lowest BCUT2D eigenvalue weighted by Gasteiger charge is -2.29. The third-order valence-electron chi connectivity index (χ3n) is 4.54. The summed E-state index contributed by atoms with van der Waals surface area (Å²) in [7, 11) is -4.83. The molecule has 3 saturated heterocycles. The van der Waals surface area contributed by atoms with Crippen molar-refractivity contribution >= 4 is 28.2 Å². The molecule has 0 saturated carbocycles. The lowest BCUT2D eigenvalue weighted by Crippen LogP contribution is -2.55. The molecule has 3 rings (SSSR count). The van der Waals surface area contributed by atoms with Gasteiger partial charge >= 0.3 is 16.4 Å². The Balaban J connectivity index is 1.57. The number of carbonyl (C=O) groups excluding carboxylic acids is 3. The number of amides is 4. The number of hydroxylamine groups is 2. The van der Waals surface area contributed by atoms with Gasteiger partial charge in [0.05, 0.1) is 12.0 Å². The number of hydrogen-bond acceptors (Lipinski definition) is 7. The molecular formula is C12H19N5O7S. The quantitative estimate of drug-likeness (QED) is 0.316. The van der Waals surface area contributed by atoms with Crippen LogP contribution in [0.1, 0.15) is 19.3 Å². The van der Waals surface area contributed by atoms with Crippen LogP contribution in [0.3, 0.4) is 0 Å². The fourth-order valence-corrected chi connectivity index (χ4v) is 3.68. The average molecular weight is 377 g/mol. The summed E-state index contributed by atoms with van der Waals surface area (Å²) in [6, 6.07) is -2.26. The Bertz CT molecular complexity index is 677. The molecule has 3 atom stereocenters. The molecule has 0 aromatic heterocycles. The second kappa shape index (κ2) is 6.74. The van der Waals surface area contributed by atoms with Crippen LogP contribution >= 0.6 is 0 Å². The molecule has 0 radical (unpaired) electrons. The summed E-state index contributed by atoms with van der Waals surface area (Å²) < 4.78 is 34.7. The number of urea groups is 1. The van der Waals surface area contributed by atoms with Crippen LogP contribution in [-0.2, 0) is 24.3 Å². The van der Waals surface area contributed by atoms with Gasteiger partial charge in [0.2, 0.25) is 5.91 Å². The Morgan fingerprint density at radius 1 is 1.20 bits per heavy atom. The maximum absolute atomic E-state index is 12.3. The monoisotopic (exact) mass is 377 g/mol. The van der Waals surface area contributed by atoms with Crippen LogP contribution in [0.5, 0.6) is 0 Å². The average Bonchev–Trinajstić information content (AvgIpc) is 3.16. The van der Waals surface area contributed by atoms with E-state index in [4.69, 9.17) is 4.55 Å². The number of nitrogens with zero attached hydrogens (tertiary/aromatic N) is 2. The normalized spacial score (nSPS) is 29.0. The first-order chi connectivity index (χ1) is 11.8. The lowest BCUT2D eigenvalue weighted by atomic mass is 10.0. The fraction of sp³-hybridized carbons (Fsp3) is 0.750. The van der Waals surface area contributed by atoms with E-state index in [1.165, 1.54) is 0 Å². The van der Waals surface area contributed by atoms with Crippen molar-refractivity contribution in [2.75, 3.05) is 19.6 Å². The third kappa shape index (κ3) is 3.84. The van der Waals surface area contributed by atoms with E-state index in [0.29, 0.717) is 24.4 Å². The van der Waals surface area contributed by atoms with E-state index >= 15 is 0 Å². The van der Waals surface area contributed by atoms with Gasteiger partial charge in [-0.3, -0.25) is 25.0 Å². The van der Waals surface area contributed by atoms with Crippen molar-refractivity contribution in [2.24, 2.45) is 5.92 Å². The first kappa shape index (κ1) is 17.8.